The van der Waals surface area contributed by atoms with Crippen LogP contribution in [-0.4, -0.2) is 9.78 Å². The standard InChI is InChI=1S/C15H19BrClN3/c1-3-12(4-2)20-9-8-11(19-20)10-18-14-7-5-6-13(17)15(14)16/h5-9,12,18H,3-4,10H2,1-2H3. The minimum absolute atomic E-state index is 0.488. The third kappa shape index (κ3) is 3.55. The Bertz CT molecular complexity index is 564. The Hall–Kier alpha value is -1.000. The molecule has 2 rings (SSSR count). The maximum Gasteiger partial charge on any atom is 0.0815 e. The third-order valence-electron chi connectivity index (χ3n) is 3.39. The van der Waals surface area contributed by atoms with E-state index in [1.54, 1.807) is 0 Å². The molecule has 0 unspecified atom stereocenters. The summed E-state index contributed by atoms with van der Waals surface area (Å²) in [6.45, 7) is 5.07. The first kappa shape index (κ1) is 15.4. The summed E-state index contributed by atoms with van der Waals surface area (Å²) in [7, 11) is 0. The molecule has 1 aromatic carbocycles. The van der Waals surface area contributed by atoms with Crippen LogP contribution in [0.2, 0.25) is 5.02 Å². The molecule has 0 aliphatic heterocycles. The first-order valence-corrected chi connectivity index (χ1v) is 8.04. The SMILES string of the molecule is CCC(CC)n1ccc(CNc2cccc(Cl)c2Br)n1. The van der Waals surface area contributed by atoms with Crippen molar-refractivity contribution in [2.45, 2.75) is 39.3 Å². The topological polar surface area (TPSA) is 29.9 Å². The molecule has 1 N–H and O–H groups in total. The van der Waals surface area contributed by atoms with Crippen LogP contribution in [0.1, 0.15) is 38.4 Å². The summed E-state index contributed by atoms with van der Waals surface area (Å²) < 4.78 is 2.95. The zero-order chi connectivity index (χ0) is 14.5. The van der Waals surface area contributed by atoms with E-state index in [-0.39, 0.29) is 0 Å². The number of rotatable bonds is 6. The van der Waals surface area contributed by atoms with E-state index < -0.39 is 0 Å². The van der Waals surface area contributed by atoms with E-state index in [0.29, 0.717) is 17.6 Å². The van der Waals surface area contributed by atoms with E-state index >= 15 is 0 Å². The van der Waals surface area contributed by atoms with Gasteiger partial charge in [-0.1, -0.05) is 31.5 Å². The second-order valence-electron chi connectivity index (χ2n) is 4.71. The lowest BCUT2D eigenvalue weighted by molar-refractivity contribution is 0.426. The highest BCUT2D eigenvalue weighted by molar-refractivity contribution is 9.10. The second kappa shape index (κ2) is 7.14. The zero-order valence-electron chi connectivity index (χ0n) is 11.7. The molecular weight excluding hydrogens is 338 g/mol. The van der Waals surface area contributed by atoms with Gasteiger partial charge in [-0.2, -0.15) is 5.10 Å². The molecule has 1 aromatic heterocycles. The minimum Gasteiger partial charge on any atom is -0.378 e. The number of nitrogens with one attached hydrogen (secondary N) is 1. The average Bonchev–Trinajstić information content (AvgIpc) is 2.91. The summed E-state index contributed by atoms with van der Waals surface area (Å²) in [6, 6.07) is 8.33. The Morgan fingerprint density at radius 2 is 2.05 bits per heavy atom. The van der Waals surface area contributed by atoms with Gasteiger partial charge in [-0.3, -0.25) is 4.68 Å². The fourth-order valence-electron chi connectivity index (χ4n) is 2.16. The van der Waals surface area contributed by atoms with Crippen molar-refractivity contribution < 1.29 is 0 Å². The molecule has 108 valence electrons. The number of hydrogen-bond acceptors (Lipinski definition) is 2. The number of benzene rings is 1. The summed E-state index contributed by atoms with van der Waals surface area (Å²) in [6.07, 6.45) is 4.26. The van der Waals surface area contributed by atoms with E-state index in [4.69, 9.17) is 11.6 Å². The van der Waals surface area contributed by atoms with Gasteiger partial charge >= 0.3 is 0 Å². The van der Waals surface area contributed by atoms with Crippen LogP contribution < -0.4 is 5.32 Å². The first-order valence-electron chi connectivity index (χ1n) is 6.87. The zero-order valence-corrected chi connectivity index (χ0v) is 14.1. The largest absolute Gasteiger partial charge is 0.378 e. The van der Waals surface area contributed by atoms with Gasteiger partial charge in [0, 0.05) is 6.20 Å². The number of anilines is 1. The lowest BCUT2D eigenvalue weighted by Crippen LogP contribution is -2.09. The molecule has 5 heteroatoms. The van der Waals surface area contributed by atoms with E-state index in [1.165, 1.54) is 0 Å². The number of hydrogen-bond donors (Lipinski definition) is 1. The van der Waals surface area contributed by atoms with Crippen molar-refractivity contribution in [2.75, 3.05) is 5.32 Å². The van der Waals surface area contributed by atoms with Gasteiger partial charge in [0.2, 0.25) is 0 Å². The van der Waals surface area contributed by atoms with E-state index in [2.05, 4.69) is 57.1 Å². The van der Waals surface area contributed by atoms with Gasteiger partial charge in [0.25, 0.3) is 0 Å². The Balaban J connectivity index is 2.03. The summed E-state index contributed by atoms with van der Waals surface area (Å²) in [5.74, 6) is 0. The Labute approximate surface area is 133 Å². The molecule has 3 nitrogen and oxygen atoms in total. The summed E-state index contributed by atoms with van der Waals surface area (Å²) in [4.78, 5) is 0. The van der Waals surface area contributed by atoms with Gasteiger partial charge in [-0.15, -0.1) is 0 Å². The van der Waals surface area contributed by atoms with Gasteiger partial charge in [0.1, 0.15) is 0 Å². The molecule has 20 heavy (non-hydrogen) atoms. The Morgan fingerprint density at radius 3 is 2.75 bits per heavy atom. The maximum absolute atomic E-state index is 6.07. The normalized spacial score (nSPS) is 11.1. The number of aromatic nitrogens is 2. The molecule has 1 heterocycles. The summed E-state index contributed by atoms with van der Waals surface area (Å²) in [5.41, 5.74) is 2.01. The van der Waals surface area contributed by atoms with Crippen molar-refractivity contribution in [3.63, 3.8) is 0 Å². The first-order chi connectivity index (χ1) is 9.65. The smallest absolute Gasteiger partial charge is 0.0815 e. The van der Waals surface area contributed by atoms with Crippen LogP contribution >= 0.6 is 27.5 Å². The molecule has 0 aliphatic rings. The summed E-state index contributed by atoms with van der Waals surface area (Å²) >= 11 is 9.56. The lowest BCUT2D eigenvalue weighted by Gasteiger charge is -2.12. The predicted octanol–water partition coefficient (Wildman–Crippen LogP) is 5.27. The highest BCUT2D eigenvalue weighted by Crippen LogP contribution is 2.30. The van der Waals surface area contributed by atoms with Crippen molar-refractivity contribution in [1.29, 1.82) is 0 Å². The molecule has 0 saturated carbocycles. The molecule has 0 atom stereocenters. The monoisotopic (exact) mass is 355 g/mol. The molecule has 0 spiro atoms. The predicted molar refractivity (Wildman–Crippen MR) is 88.3 cm³/mol. The Morgan fingerprint density at radius 1 is 1.30 bits per heavy atom. The molecular formula is C15H19BrClN3. The van der Waals surface area contributed by atoms with Gasteiger partial charge in [0.15, 0.2) is 0 Å². The van der Waals surface area contributed by atoms with Crippen molar-refractivity contribution in [3.8, 4) is 0 Å². The Kier molecular flexibility index (Phi) is 5.49. The van der Waals surface area contributed by atoms with Crippen LogP contribution in [0, 0.1) is 0 Å². The molecule has 0 fully saturated rings. The van der Waals surface area contributed by atoms with Crippen LogP contribution in [-0.2, 0) is 6.54 Å². The van der Waals surface area contributed by atoms with Crippen LogP contribution in [0.25, 0.3) is 0 Å². The fourth-order valence-corrected chi connectivity index (χ4v) is 2.74. The van der Waals surface area contributed by atoms with Crippen LogP contribution in [0.15, 0.2) is 34.9 Å². The summed E-state index contributed by atoms with van der Waals surface area (Å²) in [5, 5.41) is 8.68. The highest BCUT2D eigenvalue weighted by Gasteiger charge is 2.08. The molecule has 0 radical (unpaired) electrons. The minimum atomic E-state index is 0.488. The van der Waals surface area contributed by atoms with Crippen LogP contribution in [0.4, 0.5) is 5.69 Å². The maximum atomic E-state index is 6.07. The van der Waals surface area contributed by atoms with Crippen molar-refractivity contribution in [3.05, 3.63) is 45.7 Å². The van der Waals surface area contributed by atoms with Gasteiger partial charge in [-0.05, 0) is 47.0 Å². The van der Waals surface area contributed by atoms with E-state index in [0.717, 1.165) is 28.7 Å². The molecule has 2 aromatic rings. The molecule has 0 amide bonds. The van der Waals surface area contributed by atoms with Crippen molar-refractivity contribution >= 4 is 33.2 Å². The number of halogens is 2. The number of nitrogens with zero attached hydrogens (tertiary/aromatic N) is 2. The molecule has 0 aliphatic carbocycles. The average molecular weight is 357 g/mol. The molecule has 0 saturated heterocycles. The van der Waals surface area contributed by atoms with Gasteiger partial charge < -0.3 is 5.32 Å². The van der Waals surface area contributed by atoms with Crippen LogP contribution in [0.3, 0.4) is 0 Å². The highest BCUT2D eigenvalue weighted by atomic mass is 79.9. The fraction of sp³-hybridized carbons (Fsp3) is 0.400. The molecule has 0 bridgehead atoms. The van der Waals surface area contributed by atoms with Crippen molar-refractivity contribution in [1.82, 2.24) is 9.78 Å². The van der Waals surface area contributed by atoms with Gasteiger partial charge in [0.05, 0.1) is 33.5 Å². The van der Waals surface area contributed by atoms with Crippen LogP contribution in [0.5, 0.6) is 0 Å². The van der Waals surface area contributed by atoms with Crippen molar-refractivity contribution in [2.24, 2.45) is 0 Å². The quantitative estimate of drug-likeness (QED) is 0.764. The second-order valence-corrected chi connectivity index (χ2v) is 5.91. The van der Waals surface area contributed by atoms with E-state index in [1.807, 2.05) is 18.2 Å². The third-order valence-corrected chi connectivity index (χ3v) is 4.79. The van der Waals surface area contributed by atoms with E-state index in [9.17, 15) is 0 Å². The van der Waals surface area contributed by atoms with Gasteiger partial charge in [-0.25, -0.2) is 0 Å². The lowest BCUT2D eigenvalue weighted by atomic mass is 10.2.